The van der Waals surface area contributed by atoms with E-state index < -0.39 is 10.0 Å². The molecule has 0 bridgehead atoms. The van der Waals surface area contributed by atoms with E-state index in [1.807, 2.05) is 19.1 Å². The van der Waals surface area contributed by atoms with Gasteiger partial charge in [-0.05, 0) is 24.1 Å². The van der Waals surface area contributed by atoms with Crippen LogP contribution in [0.1, 0.15) is 39.2 Å². The molecule has 108 valence electrons. The van der Waals surface area contributed by atoms with E-state index in [0.717, 1.165) is 18.5 Å². The van der Waals surface area contributed by atoms with Gasteiger partial charge in [-0.25, -0.2) is 8.42 Å². The van der Waals surface area contributed by atoms with E-state index in [0.29, 0.717) is 18.2 Å². The molecule has 0 aromatic heterocycles. The highest BCUT2D eigenvalue weighted by Crippen LogP contribution is 2.12. The summed E-state index contributed by atoms with van der Waals surface area (Å²) in [4.78, 5) is 0. The van der Waals surface area contributed by atoms with Crippen LogP contribution in [0, 0.1) is 0 Å². The highest BCUT2D eigenvalue weighted by atomic mass is 32.2. The summed E-state index contributed by atoms with van der Waals surface area (Å²) < 4.78 is 26.1. The van der Waals surface area contributed by atoms with Crippen molar-refractivity contribution < 1.29 is 8.42 Å². The van der Waals surface area contributed by atoms with Gasteiger partial charge < -0.3 is 5.32 Å². The van der Waals surface area contributed by atoms with Crippen LogP contribution in [-0.2, 0) is 16.6 Å². The van der Waals surface area contributed by atoms with Crippen molar-refractivity contribution >= 4 is 15.7 Å². The average Bonchev–Trinajstić information content (AvgIpc) is 2.35. The molecule has 0 aliphatic rings. The summed E-state index contributed by atoms with van der Waals surface area (Å²) in [5.74, 6) is 0.181. The van der Waals surface area contributed by atoms with Crippen LogP contribution in [0.5, 0.6) is 0 Å². The SMILES string of the molecule is CCCCS(=O)(=O)Nc1ccc(CNC(C)C)cc1. The second-order valence-electron chi connectivity index (χ2n) is 5.01. The van der Waals surface area contributed by atoms with Crippen LogP contribution in [0.3, 0.4) is 0 Å². The smallest absolute Gasteiger partial charge is 0.232 e. The van der Waals surface area contributed by atoms with Crippen LogP contribution >= 0.6 is 0 Å². The molecule has 0 atom stereocenters. The number of rotatable bonds is 8. The Labute approximate surface area is 116 Å². The minimum atomic E-state index is -3.20. The molecular weight excluding hydrogens is 260 g/mol. The summed E-state index contributed by atoms with van der Waals surface area (Å²) in [6, 6.07) is 7.93. The molecule has 4 nitrogen and oxygen atoms in total. The predicted octanol–water partition coefficient (Wildman–Crippen LogP) is 2.73. The minimum Gasteiger partial charge on any atom is -0.310 e. The molecule has 0 unspecified atom stereocenters. The van der Waals surface area contributed by atoms with Gasteiger partial charge in [-0.3, -0.25) is 4.72 Å². The van der Waals surface area contributed by atoms with E-state index >= 15 is 0 Å². The molecular formula is C14H24N2O2S. The number of sulfonamides is 1. The molecule has 0 heterocycles. The van der Waals surface area contributed by atoms with E-state index in [1.54, 1.807) is 12.1 Å². The number of hydrogen-bond acceptors (Lipinski definition) is 3. The van der Waals surface area contributed by atoms with Crippen molar-refractivity contribution in [3.05, 3.63) is 29.8 Å². The van der Waals surface area contributed by atoms with Gasteiger partial charge in [0, 0.05) is 18.3 Å². The fraction of sp³-hybridized carbons (Fsp3) is 0.571. The van der Waals surface area contributed by atoms with Crippen LogP contribution in [0.2, 0.25) is 0 Å². The van der Waals surface area contributed by atoms with Gasteiger partial charge in [0.05, 0.1) is 5.75 Å². The molecule has 0 radical (unpaired) electrons. The highest BCUT2D eigenvalue weighted by molar-refractivity contribution is 7.92. The van der Waals surface area contributed by atoms with Crippen molar-refractivity contribution in [2.24, 2.45) is 0 Å². The molecule has 0 aliphatic heterocycles. The van der Waals surface area contributed by atoms with Crippen molar-refractivity contribution in [2.45, 2.75) is 46.2 Å². The van der Waals surface area contributed by atoms with Crippen molar-refractivity contribution in [3.8, 4) is 0 Å². The predicted molar refractivity (Wildman–Crippen MR) is 80.7 cm³/mol. The largest absolute Gasteiger partial charge is 0.310 e. The summed E-state index contributed by atoms with van der Waals surface area (Å²) in [5, 5.41) is 3.32. The molecule has 0 saturated carbocycles. The maximum Gasteiger partial charge on any atom is 0.232 e. The summed E-state index contributed by atoms with van der Waals surface area (Å²) in [6.07, 6.45) is 1.56. The fourth-order valence-corrected chi connectivity index (χ4v) is 2.84. The van der Waals surface area contributed by atoms with E-state index in [4.69, 9.17) is 0 Å². The molecule has 1 rings (SSSR count). The minimum absolute atomic E-state index is 0.181. The lowest BCUT2D eigenvalue weighted by molar-refractivity contribution is 0.589. The number of benzene rings is 1. The quantitative estimate of drug-likeness (QED) is 0.771. The number of unbranched alkanes of at least 4 members (excludes halogenated alkanes) is 1. The Balaban J connectivity index is 2.56. The fourth-order valence-electron chi connectivity index (χ4n) is 1.58. The molecule has 1 aromatic rings. The lowest BCUT2D eigenvalue weighted by atomic mass is 10.2. The topological polar surface area (TPSA) is 58.2 Å². The van der Waals surface area contributed by atoms with Crippen LogP contribution in [-0.4, -0.2) is 20.2 Å². The van der Waals surface area contributed by atoms with Crippen LogP contribution in [0.4, 0.5) is 5.69 Å². The lowest BCUT2D eigenvalue weighted by Gasteiger charge is -2.10. The first kappa shape index (κ1) is 16.0. The van der Waals surface area contributed by atoms with Crippen molar-refractivity contribution in [1.29, 1.82) is 0 Å². The first-order valence-corrected chi connectivity index (χ1v) is 8.41. The lowest BCUT2D eigenvalue weighted by Crippen LogP contribution is -2.21. The van der Waals surface area contributed by atoms with Crippen LogP contribution in [0.25, 0.3) is 0 Å². The molecule has 0 aliphatic carbocycles. The molecule has 0 amide bonds. The van der Waals surface area contributed by atoms with Gasteiger partial charge in [0.1, 0.15) is 0 Å². The number of hydrogen-bond donors (Lipinski definition) is 2. The summed E-state index contributed by atoms with van der Waals surface area (Å²) >= 11 is 0. The van der Waals surface area contributed by atoms with Crippen molar-refractivity contribution in [1.82, 2.24) is 5.32 Å². The zero-order chi connectivity index (χ0) is 14.3. The van der Waals surface area contributed by atoms with E-state index in [1.165, 1.54) is 0 Å². The Kier molecular flexibility index (Phi) is 6.31. The molecule has 0 fully saturated rings. The molecule has 1 aromatic carbocycles. The Morgan fingerprint density at radius 2 is 1.79 bits per heavy atom. The van der Waals surface area contributed by atoms with Crippen LogP contribution < -0.4 is 10.0 Å². The van der Waals surface area contributed by atoms with Gasteiger partial charge in [0.25, 0.3) is 0 Å². The van der Waals surface area contributed by atoms with Gasteiger partial charge in [-0.1, -0.05) is 39.3 Å². The molecule has 0 spiro atoms. The van der Waals surface area contributed by atoms with Gasteiger partial charge in [-0.2, -0.15) is 0 Å². The zero-order valence-electron chi connectivity index (χ0n) is 11.9. The Hall–Kier alpha value is -1.07. The van der Waals surface area contributed by atoms with E-state index in [9.17, 15) is 8.42 Å². The summed E-state index contributed by atoms with van der Waals surface area (Å²) in [5.41, 5.74) is 1.77. The summed E-state index contributed by atoms with van der Waals surface area (Å²) in [6.45, 7) is 6.96. The van der Waals surface area contributed by atoms with Crippen molar-refractivity contribution in [2.75, 3.05) is 10.5 Å². The molecule has 19 heavy (non-hydrogen) atoms. The van der Waals surface area contributed by atoms with Crippen molar-refractivity contribution in [3.63, 3.8) is 0 Å². The Morgan fingerprint density at radius 1 is 1.16 bits per heavy atom. The Morgan fingerprint density at radius 3 is 2.32 bits per heavy atom. The zero-order valence-corrected chi connectivity index (χ0v) is 12.8. The van der Waals surface area contributed by atoms with Gasteiger partial charge in [0.2, 0.25) is 10.0 Å². The second kappa shape index (κ2) is 7.50. The first-order valence-electron chi connectivity index (χ1n) is 6.76. The van der Waals surface area contributed by atoms with Gasteiger partial charge >= 0.3 is 0 Å². The highest BCUT2D eigenvalue weighted by Gasteiger charge is 2.09. The van der Waals surface area contributed by atoms with Gasteiger partial charge in [0.15, 0.2) is 0 Å². The normalized spacial score (nSPS) is 11.8. The molecule has 0 saturated heterocycles. The monoisotopic (exact) mass is 284 g/mol. The maximum atomic E-state index is 11.7. The molecule has 2 N–H and O–H groups in total. The number of anilines is 1. The van der Waals surface area contributed by atoms with E-state index in [-0.39, 0.29) is 5.75 Å². The Bertz CT molecular complexity index is 467. The standard InChI is InChI=1S/C14H24N2O2S/c1-4-5-10-19(17,18)16-14-8-6-13(7-9-14)11-15-12(2)3/h6-9,12,15-16H,4-5,10-11H2,1-3H3. The second-order valence-corrected chi connectivity index (χ2v) is 6.85. The maximum absolute atomic E-state index is 11.7. The van der Waals surface area contributed by atoms with Crippen LogP contribution in [0.15, 0.2) is 24.3 Å². The number of nitrogens with one attached hydrogen (secondary N) is 2. The average molecular weight is 284 g/mol. The van der Waals surface area contributed by atoms with Gasteiger partial charge in [-0.15, -0.1) is 0 Å². The first-order chi connectivity index (χ1) is 8.93. The third-order valence-corrected chi connectivity index (χ3v) is 4.08. The third-order valence-electron chi connectivity index (χ3n) is 2.71. The third kappa shape index (κ3) is 6.59. The molecule has 5 heteroatoms. The summed E-state index contributed by atoms with van der Waals surface area (Å²) in [7, 11) is -3.20. The van der Waals surface area contributed by atoms with E-state index in [2.05, 4.69) is 23.9 Å².